The molecule has 0 radical (unpaired) electrons. The van der Waals surface area contributed by atoms with Gasteiger partial charge < -0.3 is 9.72 Å². The molecule has 0 fully saturated rings. The number of thioether (sulfide) groups is 1. The molecule has 0 bridgehead atoms. The van der Waals surface area contributed by atoms with Gasteiger partial charge in [-0.3, -0.25) is 4.79 Å². The maximum atomic E-state index is 11.3. The van der Waals surface area contributed by atoms with Crippen LogP contribution in [0.2, 0.25) is 0 Å². The molecule has 0 amide bonds. The van der Waals surface area contributed by atoms with Gasteiger partial charge in [-0.15, -0.1) is 0 Å². The van der Waals surface area contributed by atoms with E-state index < -0.39 is 0 Å². The first kappa shape index (κ1) is 15.1. The predicted molar refractivity (Wildman–Crippen MR) is 81.6 cm³/mol. The van der Waals surface area contributed by atoms with Crippen LogP contribution in [0.4, 0.5) is 0 Å². The first-order valence-electron chi connectivity index (χ1n) is 6.51. The molecule has 21 heavy (non-hydrogen) atoms. The fourth-order valence-corrected chi connectivity index (χ4v) is 2.50. The third kappa shape index (κ3) is 4.97. The van der Waals surface area contributed by atoms with Crippen molar-refractivity contribution >= 4 is 11.8 Å². The second-order valence-electron chi connectivity index (χ2n) is 4.38. The quantitative estimate of drug-likeness (QED) is 0.504. The van der Waals surface area contributed by atoms with E-state index in [1.54, 1.807) is 31.2 Å². The first-order chi connectivity index (χ1) is 10.2. The highest BCUT2D eigenvalue weighted by molar-refractivity contribution is 7.99. The van der Waals surface area contributed by atoms with Gasteiger partial charge in [0.25, 0.3) is 5.56 Å². The van der Waals surface area contributed by atoms with E-state index in [9.17, 15) is 4.79 Å². The Bertz CT molecular complexity index is 689. The summed E-state index contributed by atoms with van der Waals surface area (Å²) in [5.41, 5.74) is 1.21. The summed E-state index contributed by atoms with van der Waals surface area (Å²) in [6, 6.07) is 10.6. The molecule has 6 heteroatoms. The van der Waals surface area contributed by atoms with E-state index in [-0.39, 0.29) is 5.56 Å². The predicted octanol–water partition coefficient (Wildman–Crippen LogP) is 2.51. The Balaban J connectivity index is 1.72. The van der Waals surface area contributed by atoms with Crippen molar-refractivity contribution in [3.63, 3.8) is 0 Å². The molecule has 2 rings (SSSR count). The number of ether oxygens (including phenoxy) is 1. The Morgan fingerprint density at radius 1 is 1.38 bits per heavy atom. The third-order valence-electron chi connectivity index (χ3n) is 2.63. The Kier molecular flexibility index (Phi) is 5.41. The van der Waals surface area contributed by atoms with Crippen molar-refractivity contribution in [3.05, 3.63) is 51.9 Å². The third-order valence-corrected chi connectivity index (χ3v) is 3.59. The van der Waals surface area contributed by atoms with Crippen LogP contribution in [0.25, 0.3) is 0 Å². The van der Waals surface area contributed by atoms with Crippen LogP contribution in [-0.2, 0) is 0 Å². The second kappa shape index (κ2) is 7.50. The Morgan fingerprint density at radius 2 is 2.14 bits per heavy atom. The van der Waals surface area contributed by atoms with Gasteiger partial charge in [-0.25, -0.2) is 4.98 Å². The van der Waals surface area contributed by atoms with Crippen molar-refractivity contribution in [1.29, 1.82) is 5.26 Å². The molecular formula is C15H15N3O2S. The highest BCUT2D eigenvalue weighted by atomic mass is 32.2. The molecule has 0 atom stereocenters. The zero-order chi connectivity index (χ0) is 15.1. The van der Waals surface area contributed by atoms with Crippen molar-refractivity contribution in [2.75, 3.05) is 12.4 Å². The molecule has 1 heterocycles. The van der Waals surface area contributed by atoms with Crippen molar-refractivity contribution in [1.82, 2.24) is 9.97 Å². The zero-order valence-corrected chi connectivity index (χ0v) is 12.4. The zero-order valence-electron chi connectivity index (χ0n) is 11.6. The number of aryl methyl sites for hydroxylation is 1. The van der Waals surface area contributed by atoms with Crippen LogP contribution in [-0.4, -0.2) is 22.3 Å². The molecule has 0 unspecified atom stereocenters. The number of aromatic nitrogens is 2. The molecule has 1 aromatic carbocycles. The number of hydrogen-bond acceptors (Lipinski definition) is 5. The Labute approximate surface area is 127 Å². The molecular weight excluding hydrogens is 286 g/mol. The highest BCUT2D eigenvalue weighted by Gasteiger charge is 2.00. The average molecular weight is 301 g/mol. The number of nitrogens with one attached hydrogen (secondary N) is 1. The molecule has 5 nitrogen and oxygen atoms in total. The van der Waals surface area contributed by atoms with Gasteiger partial charge in [-0.05, 0) is 37.6 Å². The number of H-pyrrole nitrogens is 1. The number of hydrogen-bond donors (Lipinski definition) is 1. The summed E-state index contributed by atoms with van der Waals surface area (Å²) in [5.74, 6) is 1.56. The number of rotatable bonds is 6. The standard InChI is InChI=1S/C15H15N3O2S/c1-11-9-14(19)18-15(17-11)21-8-2-7-20-13-5-3-12(10-16)4-6-13/h3-6,9H,2,7-8H2,1H3,(H,17,18,19). The Morgan fingerprint density at radius 3 is 2.81 bits per heavy atom. The van der Waals surface area contributed by atoms with Crippen LogP contribution in [0.5, 0.6) is 5.75 Å². The molecule has 0 aliphatic rings. The fraction of sp³-hybridized carbons (Fsp3) is 0.267. The van der Waals surface area contributed by atoms with Crippen molar-refractivity contribution in [2.24, 2.45) is 0 Å². The van der Waals surface area contributed by atoms with Gasteiger partial charge in [0, 0.05) is 17.5 Å². The van der Waals surface area contributed by atoms with Gasteiger partial charge in [0.1, 0.15) is 5.75 Å². The summed E-state index contributed by atoms with van der Waals surface area (Å²) < 4.78 is 5.58. The van der Waals surface area contributed by atoms with Crippen LogP contribution < -0.4 is 10.3 Å². The van der Waals surface area contributed by atoms with E-state index in [4.69, 9.17) is 10.00 Å². The van der Waals surface area contributed by atoms with E-state index in [0.29, 0.717) is 17.3 Å². The van der Waals surface area contributed by atoms with E-state index in [0.717, 1.165) is 23.6 Å². The monoisotopic (exact) mass is 301 g/mol. The number of nitrogens with zero attached hydrogens (tertiary/aromatic N) is 2. The molecule has 2 aromatic rings. The minimum Gasteiger partial charge on any atom is -0.494 e. The van der Waals surface area contributed by atoms with E-state index >= 15 is 0 Å². The lowest BCUT2D eigenvalue weighted by Gasteiger charge is -2.06. The highest BCUT2D eigenvalue weighted by Crippen LogP contribution is 2.14. The lowest BCUT2D eigenvalue weighted by molar-refractivity contribution is 0.318. The minimum atomic E-state index is -0.126. The summed E-state index contributed by atoms with van der Waals surface area (Å²) in [6.45, 7) is 2.38. The van der Waals surface area contributed by atoms with Gasteiger partial charge in [0.2, 0.25) is 0 Å². The largest absolute Gasteiger partial charge is 0.494 e. The molecule has 108 valence electrons. The van der Waals surface area contributed by atoms with Crippen molar-refractivity contribution in [2.45, 2.75) is 18.5 Å². The van der Waals surface area contributed by atoms with Crippen LogP contribution >= 0.6 is 11.8 Å². The number of benzene rings is 1. The molecule has 0 aliphatic carbocycles. The normalized spacial score (nSPS) is 10.1. The SMILES string of the molecule is Cc1cc(=O)[nH]c(SCCCOc2ccc(C#N)cc2)n1. The second-order valence-corrected chi connectivity index (χ2v) is 5.46. The molecule has 0 spiro atoms. The first-order valence-corrected chi connectivity index (χ1v) is 7.49. The van der Waals surface area contributed by atoms with Gasteiger partial charge in [-0.2, -0.15) is 5.26 Å². The molecule has 0 saturated heterocycles. The molecule has 0 aliphatic heterocycles. The van der Waals surface area contributed by atoms with Gasteiger partial charge in [0.05, 0.1) is 18.2 Å². The van der Waals surface area contributed by atoms with E-state index in [1.165, 1.54) is 17.8 Å². The van der Waals surface area contributed by atoms with Gasteiger partial charge in [0.15, 0.2) is 5.16 Å². The summed E-state index contributed by atoms with van der Waals surface area (Å²) >= 11 is 1.50. The lowest BCUT2D eigenvalue weighted by atomic mass is 10.2. The van der Waals surface area contributed by atoms with Crippen LogP contribution in [0.15, 0.2) is 40.3 Å². The van der Waals surface area contributed by atoms with E-state index in [1.807, 2.05) is 0 Å². The topological polar surface area (TPSA) is 78.8 Å². The van der Waals surface area contributed by atoms with Crippen LogP contribution in [0.3, 0.4) is 0 Å². The average Bonchev–Trinajstić information content (AvgIpc) is 2.46. The maximum absolute atomic E-state index is 11.3. The van der Waals surface area contributed by atoms with Gasteiger partial charge in [-0.1, -0.05) is 11.8 Å². The minimum absolute atomic E-state index is 0.126. The Hall–Kier alpha value is -2.26. The van der Waals surface area contributed by atoms with Crippen LogP contribution in [0.1, 0.15) is 17.7 Å². The van der Waals surface area contributed by atoms with E-state index in [2.05, 4.69) is 16.0 Å². The number of aromatic amines is 1. The van der Waals surface area contributed by atoms with Crippen molar-refractivity contribution in [3.8, 4) is 11.8 Å². The summed E-state index contributed by atoms with van der Waals surface area (Å²) in [6.07, 6.45) is 0.836. The van der Waals surface area contributed by atoms with Gasteiger partial charge >= 0.3 is 0 Å². The van der Waals surface area contributed by atoms with Crippen molar-refractivity contribution < 1.29 is 4.74 Å². The maximum Gasteiger partial charge on any atom is 0.251 e. The summed E-state index contributed by atoms with van der Waals surface area (Å²) in [5, 5.41) is 9.33. The lowest BCUT2D eigenvalue weighted by Crippen LogP contribution is -2.08. The summed E-state index contributed by atoms with van der Waals surface area (Å²) in [7, 11) is 0. The molecule has 1 N–H and O–H groups in total. The smallest absolute Gasteiger partial charge is 0.251 e. The number of nitriles is 1. The molecule has 1 aromatic heterocycles. The summed E-state index contributed by atoms with van der Waals surface area (Å²) in [4.78, 5) is 18.2. The molecule has 0 saturated carbocycles. The van der Waals surface area contributed by atoms with Crippen LogP contribution in [0, 0.1) is 18.3 Å². The fourth-order valence-electron chi connectivity index (χ4n) is 1.66.